The molecule has 0 atom stereocenters. The van der Waals surface area contributed by atoms with E-state index in [0.717, 1.165) is 56.4 Å². The van der Waals surface area contributed by atoms with Crippen molar-refractivity contribution in [3.8, 4) is 0 Å². The predicted molar refractivity (Wildman–Crippen MR) is 163 cm³/mol. The summed E-state index contributed by atoms with van der Waals surface area (Å²) in [6, 6.07) is 20.7. The number of H-pyrrole nitrogens is 1. The van der Waals surface area contributed by atoms with E-state index in [-0.39, 0.29) is 6.09 Å². The Labute approximate surface area is 237 Å². The number of aromatic nitrogens is 3. The molecule has 0 aliphatic carbocycles. The number of hydrogen-bond donors (Lipinski definition) is 3. The van der Waals surface area contributed by atoms with Gasteiger partial charge in [-0.1, -0.05) is 47.7 Å². The summed E-state index contributed by atoms with van der Waals surface area (Å²) in [5.74, 6) is 0. The van der Waals surface area contributed by atoms with Gasteiger partial charge in [0.2, 0.25) is 0 Å². The highest BCUT2D eigenvalue weighted by Gasteiger charge is 2.24. The van der Waals surface area contributed by atoms with Crippen molar-refractivity contribution in [1.29, 1.82) is 0 Å². The molecule has 5 aromatic rings. The Balaban J connectivity index is 1.17. The molecule has 0 saturated carbocycles. The summed E-state index contributed by atoms with van der Waals surface area (Å²) in [4.78, 5) is 26.9. The van der Waals surface area contributed by atoms with E-state index in [4.69, 9.17) is 9.72 Å². The molecular formula is C31H32N6O2S. The summed E-state index contributed by atoms with van der Waals surface area (Å²) < 4.78 is 6.64. The first kappa shape index (κ1) is 25.9. The number of rotatable bonds is 6. The largest absolute Gasteiger partial charge is 0.444 e. The van der Waals surface area contributed by atoms with Crippen LogP contribution in [0.1, 0.15) is 38.4 Å². The molecule has 3 aromatic heterocycles. The van der Waals surface area contributed by atoms with Gasteiger partial charge in [0.15, 0.2) is 5.13 Å². The first-order valence-electron chi connectivity index (χ1n) is 13.4. The number of carbonyl (C=O) groups excluding carboxylic acids is 1. The third-order valence-electron chi connectivity index (χ3n) is 6.69. The maximum Gasteiger partial charge on any atom is 0.410 e. The number of anilines is 3. The average Bonchev–Trinajstić information content (AvgIpc) is 3.56. The van der Waals surface area contributed by atoms with Crippen LogP contribution in [0.4, 0.5) is 21.3 Å². The molecule has 8 nitrogen and oxygen atoms in total. The highest BCUT2D eigenvalue weighted by atomic mass is 32.1. The molecule has 0 radical (unpaired) electrons. The zero-order valence-corrected chi connectivity index (χ0v) is 23.6. The average molecular weight is 553 g/mol. The molecule has 40 heavy (non-hydrogen) atoms. The maximum absolute atomic E-state index is 12.4. The number of fused-ring (bicyclic) bond motifs is 2. The summed E-state index contributed by atoms with van der Waals surface area (Å²) in [5.41, 5.74) is 6.68. The van der Waals surface area contributed by atoms with Gasteiger partial charge < -0.3 is 25.3 Å². The maximum atomic E-state index is 12.4. The van der Waals surface area contributed by atoms with Crippen LogP contribution in [0.3, 0.4) is 0 Å². The fourth-order valence-electron chi connectivity index (χ4n) is 4.72. The van der Waals surface area contributed by atoms with Gasteiger partial charge in [-0.2, -0.15) is 0 Å². The van der Waals surface area contributed by atoms with E-state index in [2.05, 4.69) is 57.0 Å². The van der Waals surface area contributed by atoms with E-state index in [9.17, 15) is 4.79 Å². The number of pyridine rings is 1. The van der Waals surface area contributed by atoms with E-state index in [1.54, 1.807) is 22.4 Å². The van der Waals surface area contributed by atoms with E-state index in [1.165, 1.54) is 11.1 Å². The van der Waals surface area contributed by atoms with Crippen molar-refractivity contribution < 1.29 is 9.53 Å². The van der Waals surface area contributed by atoms with Gasteiger partial charge in [0, 0.05) is 42.6 Å². The second kappa shape index (κ2) is 10.7. The fourth-order valence-corrected chi connectivity index (χ4v) is 5.62. The number of amides is 1. The molecule has 0 unspecified atom stereocenters. The Morgan fingerprint density at radius 2 is 1.98 bits per heavy atom. The van der Waals surface area contributed by atoms with Gasteiger partial charge in [-0.3, -0.25) is 0 Å². The molecule has 0 bridgehead atoms. The summed E-state index contributed by atoms with van der Waals surface area (Å²) in [6.45, 7) is 7.54. The highest BCUT2D eigenvalue weighted by molar-refractivity contribution is 7.22. The number of hydrogen-bond acceptors (Lipinski definition) is 7. The normalized spacial score (nSPS) is 13.9. The van der Waals surface area contributed by atoms with Crippen LogP contribution in [-0.2, 0) is 11.3 Å². The van der Waals surface area contributed by atoms with Gasteiger partial charge in [-0.25, -0.2) is 14.8 Å². The first-order chi connectivity index (χ1) is 19.3. The van der Waals surface area contributed by atoms with Crippen molar-refractivity contribution in [2.45, 2.75) is 39.3 Å². The molecule has 2 aromatic carbocycles. The van der Waals surface area contributed by atoms with Crippen molar-refractivity contribution in [3.63, 3.8) is 0 Å². The second-order valence-electron chi connectivity index (χ2n) is 10.9. The SMILES string of the molecule is CC(C)(C)OC(=O)N1CC=C(c2cc3c(Nc4ccc5nc(NCc6ccccc6)sc5c4)ccnc3[nH]2)CC1. The smallest absolute Gasteiger partial charge is 0.410 e. The number of thiazole rings is 1. The Kier molecular flexibility index (Phi) is 6.89. The third-order valence-corrected chi connectivity index (χ3v) is 7.67. The molecule has 9 heteroatoms. The van der Waals surface area contributed by atoms with E-state index in [1.807, 2.05) is 51.1 Å². The first-order valence-corrected chi connectivity index (χ1v) is 14.2. The van der Waals surface area contributed by atoms with Gasteiger partial charge in [-0.15, -0.1) is 0 Å². The molecule has 6 rings (SSSR count). The van der Waals surface area contributed by atoms with Gasteiger partial charge in [-0.05, 0) is 68.7 Å². The van der Waals surface area contributed by atoms with Crippen LogP contribution in [0.2, 0.25) is 0 Å². The quantitative estimate of drug-likeness (QED) is 0.201. The third kappa shape index (κ3) is 5.79. The van der Waals surface area contributed by atoms with Crippen LogP contribution < -0.4 is 10.6 Å². The van der Waals surface area contributed by atoms with Gasteiger partial charge in [0.05, 0.1) is 15.9 Å². The zero-order chi connectivity index (χ0) is 27.7. The topological polar surface area (TPSA) is 95.2 Å². The van der Waals surface area contributed by atoms with Crippen LogP contribution in [0, 0.1) is 0 Å². The van der Waals surface area contributed by atoms with Crippen molar-refractivity contribution in [2.75, 3.05) is 23.7 Å². The van der Waals surface area contributed by atoms with Gasteiger partial charge in [0.25, 0.3) is 0 Å². The lowest BCUT2D eigenvalue weighted by molar-refractivity contribution is 0.0270. The van der Waals surface area contributed by atoms with Gasteiger partial charge in [0.1, 0.15) is 11.2 Å². The molecule has 204 valence electrons. The summed E-state index contributed by atoms with van der Waals surface area (Å²) >= 11 is 1.65. The lowest BCUT2D eigenvalue weighted by Crippen LogP contribution is -2.39. The highest BCUT2D eigenvalue weighted by Crippen LogP contribution is 2.33. The summed E-state index contributed by atoms with van der Waals surface area (Å²) in [7, 11) is 0. The molecule has 4 heterocycles. The van der Waals surface area contributed by atoms with Crippen molar-refractivity contribution in [2.24, 2.45) is 0 Å². The summed E-state index contributed by atoms with van der Waals surface area (Å²) in [6.07, 6.45) is 4.37. The predicted octanol–water partition coefficient (Wildman–Crippen LogP) is 7.55. The number of nitrogens with one attached hydrogen (secondary N) is 3. The van der Waals surface area contributed by atoms with E-state index in [0.29, 0.717) is 13.1 Å². The molecule has 0 saturated heterocycles. The van der Waals surface area contributed by atoms with Crippen LogP contribution in [0.5, 0.6) is 0 Å². The Bertz CT molecular complexity index is 1700. The molecule has 1 amide bonds. The van der Waals surface area contributed by atoms with Crippen molar-refractivity contribution in [1.82, 2.24) is 19.9 Å². The van der Waals surface area contributed by atoms with E-state index >= 15 is 0 Å². The Morgan fingerprint density at radius 3 is 2.75 bits per heavy atom. The van der Waals surface area contributed by atoms with Crippen molar-refractivity contribution >= 4 is 60.8 Å². The Morgan fingerprint density at radius 1 is 1.12 bits per heavy atom. The number of aromatic amines is 1. The number of carbonyl (C=O) groups is 1. The van der Waals surface area contributed by atoms with Crippen LogP contribution in [0.15, 0.2) is 72.9 Å². The molecular weight excluding hydrogens is 520 g/mol. The summed E-state index contributed by atoms with van der Waals surface area (Å²) in [5, 5.41) is 8.94. The minimum atomic E-state index is -0.501. The standard InChI is InChI=1S/C31H32N6O2S/c1-31(2,3)39-30(38)37-15-12-21(13-16-37)26-18-23-24(11-14-32-28(23)35-26)34-22-9-10-25-27(17-22)40-29(36-25)33-19-20-7-5-4-6-8-20/h4-12,14,17-18H,13,15-16,19H2,1-3H3,(H,33,36)(H2,32,34,35). The number of nitrogens with zero attached hydrogens (tertiary/aromatic N) is 3. The fraction of sp³-hybridized carbons (Fsp3) is 0.258. The number of benzene rings is 2. The number of ether oxygens (including phenoxy) is 1. The zero-order valence-electron chi connectivity index (χ0n) is 22.8. The molecule has 0 spiro atoms. The molecule has 1 aliphatic rings. The second-order valence-corrected chi connectivity index (χ2v) is 11.9. The van der Waals surface area contributed by atoms with Gasteiger partial charge >= 0.3 is 6.09 Å². The lowest BCUT2D eigenvalue weighted by Gasteiger charge is -2.29. The van der Waals surface area contributed by atoms with Crippen LogP contribution in [0.25, 0.3) is 26.8 Å². The molecule has 3 N–H and O–H groups in total. The Hall–Kier alpha value is -4.37. The lowest BCUT2D eigenvalue weighted by atomic mass is 10.0. The van der Waals surface area contributed by atoms with Crippen molar-refractivity contribution in [3.05, 3.63) is 84.2 Å². The monoisotopic (exact) mass is 552 g/mol. The molecule has 0 fully saturated rings. The minimum Gasteiger partial charge on any atom is -0.444 e. The van der Waals surface area contributed by atoms with Crippen LogP contribution in [-0.4, -0.2) is 44.6 Å². The van der Waals surface area contributed by atoms with E-state index < -0.39 is 5.60 Å². The molecule has 1 aliphatic heterocycles. The van der Waals surface area contributed by atoms with Crippen LogP contribution >= 0.6 is 11.3 Å². The minimum absolute atomic E-state index is 0.274.